The van der Waals surface area contributed by atoms with Gasteiger partial charge in [-0.2, -0.15) is 4.57 Å². The lowest BCUT2D eigenvalue weighted by Gasteiger charge is -2.19. The second-order valence-electron chi connectivity index (χ2n) is 11.0. The second-order valence-corrected chi connectivity index (χ2v) is 13.1. The van der Waals surface area contributed by atoms with Crippen molar-refractivity contribution < 1.29 is 18.5 Å². The van der Waals surface area contributed by atoms with E-state index in [1.165, 1.54) is 21.6 Å². The molecule has 1 aromatic heterocycles. The predicted octanol–water partition coefficient (Wildman–Crippen LogP) is 6.96. The number of carbonyl (C=O) groups is 1. The fourth-order valence-electron chi connectivity index (χ4n) is 4.73. The summed E-state index contributed by atoms with van der Waals surface area (Å²) in [5, 5.41) is 5.09. The van der Waals surface area contributed by atoms with Gasteiger partial charge in [0.1, 0.15) is 11.4 Å². The molecule has 214 valence electrons. The fraction of sp³-hybridized carbons (Fsp3) is 0.312. The number of halogens is 1. The maximum absolute atomic E-state index is 14.5. The summed E-state index contributed by atoms with van der Waals surface area (Å²) in [6, 6.07) is 19.8. The number of carbonyl (C=O) groups excluding carboxylic acids is 1. The van der Waals surface area contributed by atoms with Crippen LogP contribution in [0.25, 0.3) is 6.08 Å². The van der Waals surface area contributed by atoms with Gasteiger partial charge < -0.3 is 19.9 Å². The van der Waals surface area contributed by atoms with Crippen molar-refractivity contribution in [1.29, 1.82) is 0 Å². The first-order valence-electron chi connectivity index (χ1n) is 13.7. The summed E-state index contributed by atoms with van der Waals surface area (Å²) < 4.78 is 22.1. The van der Waals surface area contributed by atoms with Crippen LogP contribution >= 0.6 is 23.5 Å². The molecule has 0 spiro atoms. The van der Waals surface area contributed by atoms with E-state index in [1.54, 1.807) is 29.6 Å². The number of nitrogens with one attached hydrogen (secondary N) is 1. The molecule has 2 aromatic carbocycles. The van der Waals surface area contributed by atoms with Crippen molar-refractivity contribution in [3.05, 3.63) is 104 Å². The minimum atomic E-state index is -0.519. The topological polar surface area (TPSA) is 48.7 Å². The summed E-state index contributed by atoms with van der Waals surface area (Å²) in [7, 11) is 1.95. The minimum absolute atomic E-state index is 0.183. The lowest BCUT2D eigenvalue weighted by atomic mass is 10.1. The molecular formula is C32H36FN4O2S2+. The van der Waals surface area contributed by atoms with Crippen LogP contribution in [0.5, 0.6) is 0 Å². The number of hydrogen-bond donors (Lipinski definition) is 1. The number of rotatable bonds is 6. The van der Waals surface area contributed by atoms with E-state index in [9.17, 15) is 9.18 Å². The Morgan fingerprint density at radius 2 is 1.83 bits per heavy atom. The minimum Gasteiger partial charge on any atom is -0.444 e. The molecular weight excluding hydrogens is 556 g/mol. The number of anilines is 1. The summed E-state index contributed by atoms with van der Waals surface area (Å²) >= 11 is 3.41. The van der Waals surface area contributed by atoms with Gasteiger partial charge in [0.25, 0.3) is 0 Å². The van der Waals surface area contributed by atoms with Crippen LogP contribution < -0.4 is 14.8 Å². The Hall–Kier alpha value is -3.43. The zero-order valence-electron chi connectivity index (χ0n) is 24.1. The molecule has 0 bridgehead atoms. The molecule has 1 N–H and O–H groups in total. The summed E-state index contributed by atoms with van der Waals surface area (Å²) in [6.07, 6.45) is 3.92. The second kappa shape index (κ2) is 12.2. The molecule has 2 aliphatic heterocycles. The monoisotopic (exact) mass is 591 g/mol. The third-order valence-electron chi connectivity index (χ3n) is 6.75. The third kappa shape index (κ3) is 6.90. The maximum atomic E-state index is 14.5. The Labute approximate surface area is 250 Å². The van der Waals surface area contributed by atoms with Crippen LogP contribution in [0.4, 0.5) is 14.9 Å². The number of ether oxygens (including phenoxy) is 1. The molecule has 1 saturated heterocycles. The summed E-state index contributed by atoms with van der Waals surface area (Å²) in [6.45, 7) is 10.5. The van der Waals surface area contributed by atoms with Gasteiger partial charge in [-0.05, 0) is 51.5 Å². The number of aromatic nitrogens is 1. The molecule has 2 aliphatic rings. The van der Waals surface area contributed by atoms with Crippen LogP contribution in [0.3, 0.4) is 0 Å². The zero-order chi connectivity index (χ0) is 29.1. The molecule has 0 saturated carbocycles. The van der Waals surface area contributed by atoms with Gasteiger partial charge in [-0.3, -0.25) is 0 Å². The molecule has 41 heavy (non-hydrogen) atoms. The average Bonchev–Trinajstić information content (AvgIpc) is 3.49. The number of hydrogen-bond acceptors (Lipinski definition) is 6. The van der Waals surface area contributed by atoms with Gasteiger partial charge in [0.2, 0.25) is 5.69 Å². The number of pyridine rings is 1. The van der Waals surface area contributed by atoms with E-state index < -0.39 is 11.7 Å². The first kappa shape index (κ1) is 29.1. The van der Waals surface area contributed by atoms with E-state index in [4.69, 9.17) is 4.74 Å². The van der Waals surface area contributed by atoms with Gasteiger partial charge >= 0.3 is 6.09 Å². The molecule has 1 amide bonds. The van der Waals surface area contributed by atoms with Gasteiger partial charge in [0.15, 0.2) is 12.7 Å². The number of amides is 1. The molecule has 0 atom stereocenters. The highest BCUT2D eigenvalue weighted by atomic mass is 32.2. The SMILES string of the molecule is CCN1CC(=C2Sc3cccc(F)c3N2C)SC1=Cc1cccc[n+]1Cc1ccc(CNC(=O)OC(C)(C)C)cc1. The van der Waals surface area contributed by atoms with Crippen molar-refractivity contribution in [2.45, 2.75) is 51.3 Å². The Kier molecular flexibility index (Phi) is 8.66. The number of fused-ring (bicyclic) bond motifs is 1. The number of nitrogens with zero attached hydrogens (tertiary/aromatic N) is 3. The number of benzene rings is 2. The maximum Gasteiger partial charge on any atom is 0.407 e. The summed E-state index contributed by atoms with van der Waals surface area (Å²) in [4.78, 5) is 18.5. The fourth-order valence-corrected chi connectivity index (χ4v) is 7.28. The molecule has 6 nitrogen and oxygen atoms in total. The predicted molar refractivity (Wildman–Crippen MR) is 166 cm³/mol. The van der Waals surface area contributed by atoms with Crippen molar-refractivity contribution in [3.63, 3.8) is 0 Å². The lowest BCUT2D eigenvalue weighted by Crippen LogP contribution is -2.37. The van der Waals surface area contributed by atoms with Crippen LogP contribution in [0.1, 0.15) is 44.5 Å². The van der Waals surface area contributed by atoms with E-state index in [0.717, 1.165) is 40.8 Å². The highest BCUT2D eigenvalue weighted by molar-refractivity contribution is 8.09. The first-order valence-corrected chi connectivity index (χ1v) is 15.4. The largest absolute Gasteiger partial charge is 0.444 e. The molecule has 9 heteroatoms. The van der Waals surface area contributed by atoms with Crippen LogP contribution in [0, 0.1) is 5.82 Å². The van der Waals surface area contributed by atoms with Gasteiger partial charge in [-0.25, -0.2) is 9.18 Å². The van der Waals surface area contributed by atoms with E-state index in [2.05, 4.69) is 58.2 Å². The molecule has 3 aromatic rings. The number of alkyl carbamates (subject to hydrolysis) is 1. The number of likely N-dealkylation sites (N-methyl/N-ethyl adjacent to an activating group) is 1. The standard InChI is InChI=1S/C32H35FN4O2S2/c1-6-36-21-27(30-35(5)29-25(33)11-9-12-26(29)41-30)40-28(36)18-24-10-7-8-17-37(24)20-23-15-13-22(14-16-23)19-34-31(38)39-32(2,3)4/h7-18H,6,19-21H2,1-5H3/p+1. The highest BCUT2D eigenvalue weighted by Crippen LogP contribution is 2.52. The first-order chi connectivity index (χ1) is 19.6. The van der Waals surface area contributed by atoms with Crippen LogP contribution in [0.2, 0.25) is 0 Å². The van der Waals surface area contributed by atoms with Gasteiger partial charge in [0, 0.05) is 53.7 Å². The van der Waals surface area contributed by atoms with Crippen LogP contribution in [0.15, 0.2) is 86.7 Å². The van der Waals surface area contributed by atoms with E-state index >= 15 is 0 Å². The molecule has 5 rings (SSSR count). The van der Waals surface area contributed by atoms with Gasteiger partial charge in [-0.1, -0.05) is 53.9 Å². The molecule has 3 heterocycles. The Balaban J connectivity index is 1.30. The molecule has 0 aliphatic carbocycles. The highest BCUT2D eigenvalue weighted by Gasteiger charge is 2.32. The molecule has 1 fully saturated rings. The summed E-state index contributed by atoms with van der Waals surface area (Å²) in [5.74, 6) is -0.183. The Bertz CT molecular complexity index is 1500. The van der Waals surface area contributed by atoms with Gasteiger partial charge in [0.05, 0.1) is 22.3 Å². The third-order valence-corrected chi connectivity index (χ3v) is 9.30. The van der Waals surface area contributed by atoms with Crippen LogP contribution in [-0.4, -0.2) is 36.7 Å². The Morgan fingerprint density at radius 1 is 1.07 bits per heavy atom. The van der Waals surface area contributed by atoms with Crippen molar-refractivity contribution >= 4 is 41.4 Å². The van der Waals surface area contributed by atoms with E-state index in [-0.39, 0.29) is 5.82 Å². The molecule has 0 radical (unpaired) electrons. The van der Waals surface area contributed by atoms with Crippen LogP contribution in [-0.2, 0) is 17.8 Å². The smallest absolute Gasteiger partial charge is 0.407 e. The summed E-state index contributed by atoms with van der Waals surface area (Å²) in [5.41, 5.74) is 3.43. The number of para-hydroxylation sites is 1. The van der Waals surface area contributed by atoms with Crippen molar-refractivity contribution in [1.82, 2.24) is 10.2 Å². The zero-order valence-corrected chi connectivity index (χ0v) is 25.7. The quantitative estimate of drug-likeness (QED) is 0.313. The number of thioether (sulfide) groups is 2. The van der Waals surface area contributed by atoms with Crippen molar-refractivity contribution in [2.24, 2.45) is 0 Å². The lowest BCUT2D eigenvalue weighted by molar-refractivity contribution is -0.690. The van der Waals surface area contributed by atoms with Crippen molar-refractivity contribution in [3.8, 4) is 0 Å². The average molecular weight is 592 g/mol. The normalized spacial score (nSPS) is 17.8. The van der Waals surface area contributed by atoms with E-state index in [1.807, 2.05) is 57.0 Å². The Morgan fingerprint density at radius 3 is 2.54 bits per heavy atom. The van der Waals surface area contributed by atoms with Gasteiger partial charge in [-0.15, -0.1) is 0 Å². The van der Waals surface area contributed by atoms with Crippen molar-refractivity contribution in [2.75, 3.05) is 25.0 Å². The van der Waals surface area contributed by atoms with E-state index in [0.29, 0.717) is 12.2 Å². The molecule has 0 unspecified atom stereocenters.